The highest BCUT2D eigenvalue weighted by Gasteiger charge is 2.02. The van der Waals surface area contributed by atoms with E-state index >= 15 is 0 Å². The number of thiol groups is 1. The lowest BCUT2D eigenvalue weighted by Gasteiger charge is -2.03. The van der Waals surface area contributed by atoms with Crippen molar-refractivity contribution < 1.29 is 8.78 Å². The molecule has 13 heavy (non-hydrogen) atoms. The third-order valence-corrected chi connectivity index (χ3v) is 1.92. The minimum absolute atomic E-state index is 0.485. The van der Waals surface area contributed by atoms with Crippen molar-refractivity contribution in [2.24, 2.45) is 0 Å². The summed E-state index contributed by atoms with van der Waals surface area (Å²) in [6.07, 6.45) is 0.548. The second kappa shape index (κ2) is 5.19. The zero-order valence-electron chi connectivity index (χ0n) is 7.06. The third kappa shape index (κ3) is 3.32. The second-order valence-corrected chi connectivity index (χ2v) is 2.96. The molecule has 0 saturated heterocycles. The Hall–Kier alpha value is -0.610. The first-order valence-electron chi connectivity index (χ1n) is 3.99. The zero-order chi connectivity index (χ0) is 9.68. The molecule has 0 atom stereocenters. The fourth-order valence-corrected chi connectivity index (χ4v) is 1.18. The first-order chi connectivity index (χ1) is 6.24. The molecule has 0 bridgehead atoms. The maximum atomic E-state index is 13.0. The Morgan fingerprint density at radius 3 is 2.69 bits per heavy atom. The van der Waals surface area contributed by atoms with Crippen molar-refractivity contribution in [1.29, 1.82) is 0 Å². The predicted octanol–water partition coefficient (Wildman–Crippen LogP) is 1.98. The summed E-state index contributed by atoms with van der Waals surface area (Å²) in [6, 6.07) is 3.63. The fraction of sp³-hybridized carbons (Fsp3) is 0.333. The van der Waals surface area contributed by atoms with Crippen LogP contribution < -0.4 is 5.32 Å². The molecule has 1 N–H and O–H groups in total. The highest BCUT2D eigenvalue weighted by atomic mass is 32.1. The van der Waals surface area contributed by atoms with Crippen molar-refractivity contribution in [2.75, 3.05) is 12.4 Å². The van der Waals surface area contributed by atoms with E-state index in [1.54, 1.807) is 0 Å². The number of hydrogen-bond acceptors (Lipinski definition) is 2. The molecule has 0 radical (unpaired) electrons. The van der Waals surface area contributed by atoms with Gasteiger partial charge in [0.15, 0.2) is 0 Å². The highest BCUT2D eigenvalue weighted by Crippen LogP contribution is 2.09. The van der Waals surface area contributed by atoms with E-state index in [1.165, 1.54) is 12.1 Å². The molecule has 0 heterocycles. The maximum absolute atomic E-state index is 13.0. The monoisotopic (exact) mass is 203 g/mol. The zero-order valence-corrected chi connectivity index (χ0v) is 7.95. The summed E-state index contributed by atoms with van der Waals surface area (Å²) in [5.41, 5.74) is 0.524. The lowest BCUT2D eigenvalue weighted by molar-refractivity contribution is 0.569. The van der Waals surface area contributed by atoms with Crippen LogP contribution in [0.3, 0.4) is 0 Å². The topological polar surface area (TPSA) is 12.0 Å². The molecule has 0 amide bonds. The first kappa shape index (κ1) is 10.5. The lowest BCUT2D eigenvalue weighted by Crippen LogP contribution is -2.15. The van der Waals surface area contributed by atoms with Crippen LogP contribution in [0.15, 0.2) is 18.2 Å². The van der Waals surface area contributed by atoms with E-state index in [9.17, 15) is 8.78 Å². The van der Waals surface area contributed by atoms with Crippen LogP contribution in [0.5, 0.6) is 0 Å². The average Bonchev–Trinajstić information content (AvgIpc) is 2.09. The van der Waals surface area contributed by atoms with Crippen molar-refractivity contribution in [3.8, 4) is 0 Å². The summed E-state index contributed by atoms with van der Waals surface area (Å²) < 4.78 is 25.5. The first-order valence-corrected chi connectivity index (χ1v) is 4.63. The molecule has 4 heteroatoms. The van der Waals surface area contributed by atoms with E-state index in [2.05, 4.69) is 17.9 Å². The van der Waals surface area contributed by atoms with Gasteiger partial charge in [-0.05, 0) is 18.1 Å². The minimum atomic E-state index is -0.539. The maximum Gasteiger partial charge on any atom is 0.129 e. The molecule has 1 nitrogen and oxygen atoms in total. The molecule has 1 aromatic carbocycles. The smallest absolute Gasteiger partial charge is 0.129 e. The molecule has 72 valence electrons. The van der Waals surface area contributed by atoms with Crippen LogP contribution in [0.25, 0.3) is 0 Å². The van der Waals surface area contributed by atoms with Gasteiger partial charge in [-0.25, -0.2) is 8.78 Å². The largest absolute Gasteiger partial charge is 0.308 e. The molecular weight excluding hydrogens is 192 g/mol. The standard InChI is InChI=1S/C9H11F2NS/c10-8-2-1-7(9(11)5-8)3-4-12-6-13/h1-2,5,12-13H,3-4,6H2. The molecule has 0 aromatic heterocycles. The average molecular weight is 203 g/mol. The molecule has 0 aliphatic carbocycles. The SMILES string of the molecule is Fc1ccc(CCNCS)c(F)c1. The summed E-state index contributed by atoms with van der Waals surface area (Å²) in [6.45, 7) is 0.645. The molecule has 0 fully saturated rings. The van der Waals surface area contributed by atoms with Crippen molar-refractivity contribution in [2.45, 2.75) is 6.42 Å². The summed E-state index contributed by atoms with van der Waals surface area (Å²) in [5.74, 6) is -0.465. The van der Waals surface area contributed by atoms with E-state index in [0.29, 0.717) is 24.4 Å². The number of rotatable bonds is 4. The lowest BCUT2D eigenvalue weighted by atomic mass is 10.1. The van der Waals surface area contributed by atoms with E-state index in [-0.39, 0.29) is 0 Å². The second-order valence-electron chi connectivity index (χ2n) is 2.64. The van der Waals surface area contributed by atoms with Crippen LogP contribution in [0.4, 0.5) is 8.78 Å². The Morgan fingerprint density at radius 2 is 2.08 bits per heavy atom. The van der Waals surface area contributed by atoms with Gasteiger partial charge in [0.1, 0.15) is 11.6 Å². The van der Waals surface area contributed by atoms with E-state index in [4.69, 9.17) is 0 Å². The Kier molecular flexibility index (Phi) is 4.18. The molecule has 0 aliphatic rings. The van der Waals surface area contributed by atoms with E-state index in [1.807, 2.05) is 0 Å². The summed E-state index contributed by atoms with van der Waals surface area (Å²) in [4.78, 5) is 0. The molecule has 0 saturated carbocycles. The minimum Gasteiger partial charge on any atom is -0.308 e. The molecule has 0 aliphatic heterocycles. The fourth-order valence-electron chi connectivity index (χ4n) is 1.03. The van der Waals surface area contributed by atoms with Crippen molar-refractivity contribution in [3.63, 3.8) is 0 Å². The Balaban J connectivity index is 2.56. The highest BCUT2D eigenvalue weighted by molar-refractivity contribution is 7.80. The van der Waals surface area contributed by atoms with Crippen molar-refractivity contribution in [3.05, 3.63) is 35.4 Å². The van der Waals surface area contributed by atoms with Crippen molar-refractivity contribution in [1.82, 2.24) is 5.32 Å². The van der Waals surface area contributed by atoms with Crippen LogP contribution in [-0.4, -0.2) is 12.4 Å². The number of hydrogen-bond donors (Lipinski definition) is 2. The number of benzene rings is 1. The van der Waals surface area contributed by atoms with Gasteiger partial charge in [-0.15, -0.1) is 0 Å². The van der Waals surface area contributed by atoms with Crippen LogP contribution in [-0.2, 0) is 6.42 Å². The molecule has 0 spiro atoms. The Bertz CT molecular complexity index is 278. The van der Waals surface area contributed by atoms with Gasteiger partial charge in [0.05, 0.1) is 0 Å². The predicted molar refractivity (Wildman–Crippen MR) is 51.9 cm³/mol. The summed E-state index contributed by atoms with van der Waals surface area (Å²) in [7, 11) is 0. The molecule has 0 unspecified atom stereocenters. The van der Waals surface area contributed by atoms with Gasteiger partial charge >= 0.3 is 0 Å². The van der Waals surface area contributed by atoms with Crippen LogP contribution in [0, 0.1) is 11.6 Å². The number of nitrogens with one attached hydrogen (secondary N) is 1. The quantitative estimate of drug-likeness (QED) is 0.433. The Labute approximate surface area is 81.6 Å². The van der Waals surface area contributed by atoms with Gasteiger partial charge in [0.25, 0.3) is 0 Å². The summed E-state index contributed by atoms with van der Waals surface area (Å²) in [5, 5.41) is 2.94. The molecule has 1 rings (SSSR count). The van der Waals surface area contributed by atoms with Gasteiger partial charge in [0.2, 0.25) is 0 Å². The van der Waals surface area contributed by atoms with Gasteiger partial charge in [-0.1, -0.05) is 6.07 Å². The van der Waals surface area contributed by atoms with Gasteiger partial charge in [-0.3, -0.25) is 0 Å². The van der Waals surface area contributed by atoms with E-state index < -0.39 is 11.6 Å². The van der Waals surface area contributed by atoms with Crippen molar-refractivity contribution >= 4 is 12.6 Å². The number of halogens is 2. The normalized spacial score (nSPS) is 10.4. The molecular formula is C9H11F2NS. The van der Waals surface area contributed by atoms with E-state index in [0.717, 1.165) is 6.07 Å². The third-order valence-electron chi connectivity index (χ3n) is 1.70. The van der Waals surface area contributed by atoms with Gasteiger partial charge in [-0.2, -0.15) is 12.6 Å². The summed E-state index contributed by atoms with van der Waals surface area (Å²) >= 11 is 3.94. The van der Waals surface area contributed by atoms with Crippen LogP contribution >= 0.6 is 12.6 Å². The molecule has 1 aromatic rings. The Morgan fingerprint density at radius 1 is 1.31 bits per heavy atom. The van der Waals surface area contributed by atoms with Crippen LogP contribution in [0.1, 0.15) is 5.56 Å². The van der Waals surface area contributed by atoms with Crippen LogP contribution in [0.2, 0.25) is 0 Å². The van der Waals surface area contributed by atoms with Gasteiger partial charge in [0, 0.05) is 18.5 Å². The van der Waals surface area contributed by atoms with Gasteiger partial charge < -0.3 is 5.32 Å².